The van der Waals surface area contributed by atoms with Crippen LogP contribution in [-0.4, -0.2) is 35.2 Å². The minimum atomic E-state index is -0.961. The molecule has 4 aliphatic rings. The van der Waals surface area contributed by atoms with Gasteiger partial charge in [-0.2, -0.15) is 0 Å². The molecule has 19 heavy (non-hydrogen) atoms. The molecule has 5 nitrogen and oxygen atoms in total. The Morgan fingerprint density at radius 3 is 2.21 bits per heavy atom. The molecule has 1 saturated heterocycles. The molecule has 0 aromatic rings. The zero-order chi connectivity index (χ0) is 13.1. The number of carboxylic acid groups (broad SMARTS) is 1. The monoisotopic (exact) mass is 265 g/mol. The van der Waals surface area contributed by atoms with Crippen LogP contribution in [-0.2, 0) is 14.3 Å². The summed E-state index contributed by atoms with van der Waals surface area (Å²) in [5.41, 5.74) is 0. The van der Waals surface area contributed by atoms with Gasteiger partial charge >= 0.3 is 5.97 Å². The molecule has 1 amide bonds. The number of hydrogen-bond acceptors (Lipinski definition) is 3. The maximum Gasteiger partial charge on any atom is 0.332 e. The predicted octanol–water partition coefficient (Wildman–Crippen LogP) is 0.779. The first-order valence-corrected chi connectivity index (χ1v) is 7.34. The van der Waals surface area contributed by atoms with Gasteiger partial charge in [-0.3, -0.25) is 4.79 Å². The summed E-state index contributed by atoms with van der Waals surface area (Å²) in [6, 6.07) is 0.353. The molecule has 2 bridgehead atoms. The van der Waals surface area contributed by atoms with Gasteiger partial charge in [-0.25, -0.2) is 4.79 Å². The molecule has 5 heteroatoms. The number of carbonyl (C=O) groups excluding carboxylic acids is 1. The topological polar surface area (TPSA) is 75.6 Å². The smallest absolute Gasteiger partial charge is 0.332 e. The van der Waals surface area contributed by atoms with Gasteiger partial charge in [0, 0.05) is 6.04 Å². The summed E-state index contributed by atoms with van der Waals surface area (Å²) >= 11 is 0. The number of rotatable bonds is 3. The van der Waals surface area contributed by atoms with Gasteiger partial charge in [0.25, 0.3) is 0 Å². The van der Waals surface area contributed by atoms with Crippen molar-refractivity contribution in [3.8, 4) is 0 Å². The minimum absolute atomic E-state index is 0.0949. The lowest BCUT2D eigenvalue weighted by atomic mass is 10.0. The van der Waals surface area contributed by atoms with Crippen molar-refractivity contribution in [2.24, 2.45) is 23.7 Å². The average molecular weight is 265 g/mol. The largest absolute Gasteiger partial charge is 0.479 e. The van der Waals surface area contributed by atoms with E-state index in [0.29, 0.717) is 30.7 Å². The van der Waals surface area contributed by atoms with Crippen molar-refractivity contribution in [1.29, 1.82) is 0 Å². The van der Waals surface area contributed by atoms with Crippen LogP contribution in [0.1, 0.15) is 32.1 Å². The Kier molecular flexibility index (Phi) is 2.43. The van der Waals surface area contributed by atoms with Gasteiger partial charge in [0.15, 0.2) is 6.10 Å². The van der Waals surface area contributed by atoms with Crippen molar-refractivity contribution < 1.29 is 19.4 Å². The Morgan fingerprint density at radius 1 is 1.00 bits per heavy atom. The van der Waals surface area contributed by atoms with Crippen molar-refractivity contribution in [3.05, 3.63) is 0 Å². The van der Waals surface area contributed by atoms with Crippen LogP contribution in [0.4, 0.5) is 0 Å². The fraction of sp³-hybridized carbons (Fsp3) is 0.857. The van der Waals surface area contributed by atoms with E-state index >= 15 is 0 Å². The van der Waals surface area contributed by atoms with Crippen LogP contribution in [0.15, 0.2) is 0 Å². The second kappa shape index (κ2) is 3.95. The van der Waals surface area contributed by atoms with Crippen LogP contribution < -0.4 is 5.32 Å². The second-order valence-corrected chi connectivity index (χ2v) is 6.55. The Bertz CT molecular complexity index is 421. The first kappa shape index (κ1) is 11.7. The van der Waals surface area contributed by atoms with Crippen molar-refractivity contribution >= 4 is 11.9 Å². The number of amides is 1. The zero-order valence-electron chi connectivity index (χ0n) is 10.7. The molecule has 3 saturated carbocycles. The lowest BCUT2D eigenvalue weighted by molar-refractivity contribution is -0.151. The molecular formula is C14H19NO4. The quantitative estimate of drug-likeness (QED) is 0.790. The van der Waals surface area contributed by atoms with Crippen LogP contribution in [0, 0.1) is 23.7 Å². The molecule has 0 radical (unpaired) electrons. The molecule has 4 rings (SSSR count). The van der Waals surface area contributed by atoms with Gasteiger partial charge in [0.1, 0.15) is 6.10 Å². The minimum Gasteiger partial charge on any atom is -0.479 e. The number of aliphatic carboxylic acids is 1. The van der Waals surface area contributed by atoms with E-state index in [4.69, 9.17) is 9.84 Å². The van der Waals surface area contributed by atoms with Gasteiger partial charge in [-0.15, -0.1) is 0 Å². The molecule has 6 unspecified atom stereocenters. The van der Waals surface area contributed by atoms with E-state index in [-0.39, 0.29) is 5.91 Å². The highest BCUT2D eigenvalue weighted by molar-refractivity contribution is 5.83. The number of nitrogens with one attached hydrogen (secondary N) is 1. The fourth-order valence-electron chi connectivity index (χ4n) is 4.79. The van der Waals surface area contributed by atoms with E-state index in [1.54, 1.807) is 0 Å². The molecule has 3 aliphatic carbocycles. The van der Waals surface area contributed by atoms with Gasteiger partial charge in [0.2, 0.25) is 5.91 Å². The van der Waals surface area contributed by atoms with Crippen LogP contribution >= 0.6 is 0 Å². The van der Waals surface area contributed by atoms with Crippen molar-refractivity contribution in [2.45, 2.75) is 50.4 Å². The van der Waals surface area contributed by atoms with Crippen LogP contribution in [0.5, 0.6) is 0 Å². The molecule has 4 fully saturated rings. The van der Waals surface area contributed by atoms with E-state index < -0.39 is 18.2 Å². The van der Waals surface area contributed by atoms with Crippen LogP contribution in [0.2, 0.25) is 0 Å². The number of carboxylic acids is 1. The zero-order valence-corrected chi connectivity index (χ0v) is 10.7. The second-order valence-electron chi connectivity index (χ2n) is 6.55. The van der Waals surface area contributed by atoms with E-state index in [2.05, 4.69) is 5.32 Å². The van der Waals surface area contributed by atoms with E-state index in [1.807, 2.05) is 0 Å². The summed E-state index contributed by atoms with van der Waals surface area (Å²) in [5.74, 6) is 2.02. The van der Waals surface area contributed by atoms with E-state index in [0.717, 1.165) is 11.8 Å². The van der Waals surface area contributed by atoms with Crippen LogP contribution in [0.25, 0.3) is 0 Å². The Morgan fingerprint density at radius 2 is 1.63 bits per heavy atom. The fourth-order valence-corrected chi connectivity index (χ4v) is 4.79. The molecule has 1 aliphatic heterocycles. The highest BCUT2D eigenvalue weighted by Gasteiger charge is 2.65. The first-order valence-electron chi connectivity index (χ1n) is 7.34. The molecule has 6 atom stereocenters. The Labute approximate surface area is 111 Å². The standard InChI is InChI=1S/C14H19NO4/c16-13(8-3-4-9(19-8)14(17)18)15-12-10-6-1-2-7(5-6)11(10)12/h6-12H,1-5H2,(H,15,16)(H,17,18). The summed E-state index contributed by atoms with van der Waals surface area (Å²) in [4.78, 5) is 22.9. The van der Waals surface area contributed by atoms with Gasteiger partial charge in [-0.1, -0.05) is 0 Å². The SMILES string of the molecule is O=C(O)C1CCC(C(=O)NC2C3C4CCC(C4)C23)O1. The summed E-state index contributed by atoms with van der Waals surface area (Å²) in [6.45, 7) is 0. The van der Waals surface area contributed by atoms with Gasteiger partial charge in [0.05, 0.1) is 0 Å². The molecule has 1 heterocycles. The van der Waals surface area contributed by atoms with Crippen molar-refractivity contribution in [1.82, 2.24) is 5.32 Å². The van der Waals surface area contributed by atoms with Gasteiger partial charge < -0.3 is 15.2 Å². The lowest BCUT2D eigenvalue weighted by Gasteiger charge is -2.14. The summed E-state index contributed by atoms with van der Waals surface area (Å²) in [5, 5.41) is 12.0. The van der Waals surface area contributed by atoms with Crippen LogP contribution in [0.3, 0.4) is 0 Å². The molecular weight excluding hydrogens is 246 g/mol. The Hall–Kier alpha value is -1.10. The number of ether oxygens (including phenoxy) is 1. The molecule has 0 aromatic heterocycles. The number of hydrogen-bond donors (Lipinski definition) is 2. The van der Waals surface area contributed by atoms with Crippen molar-refractivity contribution in [2.75, 3.05) is 0 Å². The summed E-state index contributed by atoms with van der Waals surface area (Å²) in [7, 11) is 0. The molecule has 0 spiro atoms. The maximum absolute atomic E-state index is 12.1. The van der Waals surface area contributed by atoms with Crippen molar-refractivity contribution in [3.63, 3.8) is 0 Å². The third-order valence-electron chi connectivity index (χ3n) is 5.63. The molecule has 0 aromatic carbocycles. The number of carbonyl (C=O) groups is 2. The van der Waals surface area contributed by atoms with Gasteiger partial charge in [-0.05, 0) is 55.8 Å². The summed E-state index contributed by atoms with van der Waals surface area (Å²) < 4.78 is 5.29. The molecule has 2 N–H and O–H groups in total. The maximum atomic E-state index is 12.1. The third kappa shape index (κ3) is 1.71. The first-order chi connectivity index (χ1) is 9.15. The lowest BCUT2D eigenvalue weighted by Crippen LogP contribution is -2.38. The molecule has 104 valence electrons. The average Bonchev–Trinajstić information content (AvgIpc) is 2.87. The summed E-state index contributed by atoms with van der Waals surface area (Å²) in [6.07, 6.45) is 3.64. The van der Waals surface area contributed by atoms with E-state index in [9.17, 15) is 9.59 Å². The highest BCUT2D eigenvalue weighted by atomic mass is 16.5. The van der Waals surface area contributed by atoms with E-state index in [1.165, 1.54) is 19.3 Å². The normalized spacial score (nSPS) is 50.0. The predicted molar refractivity (Wildman–Crippen MR) is 65.3 cm³/mol. The Balaban J connectivity index is 1.33. The third-order valence-corrected chi connectivity index (χ3v) is 5.63. The number of fused-ring (bicyclic) bond motifs is 5. The highest BCUT2D eigenvalue weighted by Crippen LogP contribution is 2.65.